The molecule has 2 aromatic rings. The lowest BCUT2D eigenvalue weighted by Crippen LogP contribution is -2.47. The molecule has 0 aliphatic heterocycles. The summed E-state index contributed by atoms with van der Waals surface area (Å²) in [6.45, 7) is 5.90. The van der Waals surface area contributed by atoms with Crippen LogP contribution in [-0.4, -0.2) is 73.1 Å². The van der Waals surface area contributed by atoms with E-state index in [1.54, 1.807) is 7.05 Å². The number of aliphatic hydroxyl groups is 1. The number of benzene rings is 2. The van der Waals surface area contributed by atoms with Crippen LogP contribution in [0.1, 0.15) is 57.1 Å². The minimum Gasteiger partial charge on any atom is -0.449 e. The SMILES string of the molecule is CN(CCCC[C@H](NC(=O)OCC1c2ccccc2-c2ccccc21)C(=O)NCCO)C(=O)OC(C)(C)C. The van der Waals surface area contributed by atoms with Gasteiger partial charge < -0.3 is 30.1 Å². The fourth-order valence-electron chi connectivity index (χ4n) is 4.48. The van der Waals surface area contributed by atoms with Crippen molar-refractivity contribution < 1.29 is 29.0 Å². The highest BCUT2D eigenvalue weighted by molar-refractivity contribution is 5.85. The number of aliphatic hydroxyl groups excluding tert-OH is 1. The molecule has 0 fully saturated rings. The molecule has 0 saturated heterocycles. The molecule has 1 aliphatic rings. The molecule has 0 saturated carbocycles. The Kier molecular flexibility index (Phi) is 10.1. The summed E-state index contributed by atoms with van der Waals surface area (Å²) in [4.78, 5) is 39.0. The molecular formula is C29H39N3O6. The molecule has 9 heteroatoms. The van der Waals surface area contributed by atoms with E-state index in [-0.39, 0.29) is 25.7 Å². The highest BCUT2D eigenvalue weighted by Crippen LogP contribution is 2.44. The Bertz CT molecular complexity index is 1070. The number of hydrogen-bond acceptors (Lipinski definition) is 6. The minimum atomic E-state index is -0.830. The molecule has 0 bridgehead atoms. The largest absolute Gasteiger partial charge is 0.449 e. The van der Waals surface area contributed by atoms with Gasteiger partial charge in [-0.1, -0.05) is 48.5 Å². The number of carbonyl (C=O) groups is 3. The van der Waals surface area contributed by atoms with Gasteiger partial charge in [-0.15, -0.1) is 0 Å². The van der Waals surface area contributed by atoms with Crippen LogP contribution in [0.5, 0.6) is 0 Å². The van der Waals surface area contributed by atoms with Gasteiger partial charge in [0.15, 0.2) is 0 Å². The van der Waals surface area contributed by atoms with Gasteiger partial charge in [-0.3, -0.25) is 4.79 Å². The van der Waals surface area contributed by atoms with Crippen LogP contribution in [0.3, 0.4) is 0 Å². The average Bonchev–Trinajstić information content (AvgIpc) is 3.20. The third kappa shape index (κ3) is 7.95. The highest BCUT2D eigenvalue weighted by Gasteiger charge is 2.30. The second-order valence-corrected chi connectivity index (χ2v) is 10.4. The van der Waals surface area contributed by atoms with E-state index in [1.807, 2.05) is 57.2 Å². The Balaban J connectivity index is 1.54. The van der Waals surface area contributed by atoms with Crippen molar-refractivity contribution in [2.24, 2.45) is 0 Å². The molecular weight excluding hydrogens is 486 g/mol. The molecule has 9 nitrogen and oxygen atoms in total. The predicted octanol–water partition coefficient (Wildman–Crippen LogP) is 4.04. The van der Waals surface area contributed by atoms with Crippen LogP contribution in [0.15, 0.2) is 48.5 Å². The Morgan fingerprint density at radius 3 is 2.18 bits per heavy atom. The number of nitrogens with one attached hydrogen (secondary N) is 2. The zero-order valence-corrected chi connectivity index (χ0v) is 22.7. The number of nitrogens with zero attached hydrogens (tertiary/aromatic N) is 1. The van der Waals surface area contributed by atoms with Crippen LogP contribution in [0.4, 0.5) is 9.59 Å². The van der Waals surface area contributed by atoms with Crippen LogP contribution in [0.25, 0.3) is 11.1 Å². The van der Waals surface area contributed by atoms with E-state index in [4.69, 9.17) is 14.6 Å². The average molecular weight is 526 g/mol. The summed E-state index contributed by atoms with van der Waals surface area (Å²) in [6, 6.07) is 15.3. The summed E-state index contributed by atoms with van der Waals surface area (Å²) in [5.74, 6) is -0.480. The van der Waals surface area contributed by atoms with Crippen LogP contribution in [-0.2, 0) is 14.3 Å². The lowest BCUT2D eigenvalue weighted by atomic mass is 9.98. The van der Waals surface area contributed by atoms with Crippen molar-refractivity contribution in [3.05, 3.63) is 59.7 Å². The van der Waals surface area contributed by atoms with Gasteiger partial charge in [-0.2, -0.15) is 0 Å². The van der Waals surface area contributed by atoms with Crippen molar-refractivity contribution in [1.29, 1.82) is 0 Å². The lowest BCUT2D eigenvalue weighted by Gasteiger charge is -2.25. The number of hydrogen-bond donors (Lipinski definition) is 3. The molecule has 3 rings (SSSR count). The molecule has 3 amide bonds. The maximum Gasteiger partial charge on any atom is 0.410 e. The van der Waals surface area contributed by atoms with Crippen LogP contribution >= 0.6 is 0 Å². The molecule has 206 valence electrons. The summed E-state index contributed by atoms with van der Waals surface area (Å²) in [7, 11) is 1.66. The summed E-state index contributed by atoms with van der Waals surface area (Å²) in [6.07, 6.45) is 0.456. The molecule has 0 heterocycles. The van der Waals surface area contributed by atoms with Crippen LogP contribution in [0, 0.1) is 0 Å². The van der Waals surface area contributed by atoms with Crippen molar-refractivity contribution in [3.8, 4) is 11.1 Å². The highest BCUT2D eigenvalue weighted by atomic mass is 16.6. The minimum absolute atomic E-state index is 0.0850. The molecule has 3 N–H and O–H groups in total. The Morgan fingerprint density at radius 1 is 1.00 bits per heavy atom. The molecule has 2 aromatic carbocycles. The second kappa shape index (κ2) is 13.3. The van der Waals surface area contributed by atoms with Crippen molar-refractivity contribution >= 4 is 18.1 Å². The predicted molar refractivity (Wildman–Crippen MR) is 145 cm³/mol. The standard InChI is InChI=1S/C29H39N3O6/c1-29(2,3)38-28(36)32(4)17-10-9-15-25(26(34)30-16-18-33)31-27(35)37-19-24-22-13-7-5-11-20(22)21-12-6-8-14-23(21)24/h5-8,11-14,24-25,33H,9-10,15-19H2,1-4H3,(H,30,34)(H,31,35)/t25-/m0/s1. The molecule has 0 unspecified atom stereocenters. The summed E-state index contributed by atoms with van der Waals surface area (Å²) in [5, 5.41) is 14.4. The van der Waals surface area contributed by atoms with Gasteiger partial charge in [0, 0.05) is 26.1 Å². The lowest BCUT2D eigenvalue weighted by molar-refractivity contribution is -0.123. The monoisotopic (exact) mass is 525 g/mol. The quantitative estimate of drug-likeness (QED) is 0.381. The van der Waals surface area contributed by atoms with E-state index in [9.17, 15) is 14.4 Å². The number of ether oxygens (including phenoxy) is 2. The van der Waals surface area contributed by atoms with E-state index in [0.717, 1.165) is 22.3 Å². The first-order valence-corrected chi connectivity index (χ1v) is 13.0. The fraction of sp³-hybridized carbons (Fsp3) is 0.483. The maximum absolute atomic E-state index is 12.7. The van der Waals surface area contributed by atoms with E-state index in [2.05, 4.69) is 22.8 Å². The van der Waals surface area contributed by atoms with Gasteiger partial charge in [-0.05, 0) is 62.3 Å². The number of unbranched alkanes of at least 4 members (excludes halogenated alkanes) is 1. The third-order valence-electron chi connectivity index (χ3n) is 6.30. The molecule has 1 aliphatic carbocycles. The van der Waals surface area contributed by atoms with E-state index < -0.39 is 29.7 Å². The summed E-state index contributed by atoms with van der Waals surface area (Å²) < 4.78 is 10.9. The number of carbonyl (C=O) groups excluding carboxylic acids is 3. The van der Waals surface area contributed by atoms with Crippen LogP contribution < -0.4 is 10.6 Å². The number of amides is 3. The Hall–Kier alpha value is -3.59. The first-order chi connectivity index (χ1) is 18.1. The van der Waals surface area contributed by atoms with Gasteiger partial charge in [0.05, 0.1) is 6.61 Å². The molecule has 1 atom stereocenters. The van der Waals surface area contributed by atoms with E-state index in [1.165, 1.54) is 4.90 Å². The van der Waals surface area contributed by atoms with Gasteiger partial charge in [0.25, 0.3) is 0 Å². The normalized spacial score (nSPS) is 13.2. The van der Waals surface area contributed by atoms with Crippen molar-refractivity contribution in [1.82, 2.24) is 15.5 Å². The zero-order chi connectivity index (χ0) is 27.7. The smallest absolute Gasteiger partial charge is 0.410 e. The van der Waals surface area contributed by atoms with Gasteiger partial charge >= 0.3 is 12.2 Å². The third-order valence-corrected chi connectivity index (χ3v) is 6.30. The Labute approximate surface area is 224 Å². The first-order valence-electron chi connectivity index (χ1n) is 13.0. The van der Waals surface area contributed by atoms with Crippen molar-refractivity contribution in [2.75, 3.05) is 33.4 Å². The van der Waals surface area contributed by atoms with E-state index in [0.29, 0.717) is 25.8 Å². The van der Waals surface area contributed by atoms with Crippen LogP contribution in [0.2, 0.25) is 0 Å². The number of fused-ring (bicyclic) bond motifs is 3. The number of alkyl carbamates (subject to hydrolysis) is 1. The zero-order valence-electron chi connectivity index (χ0n) is 22.7. The van der Waals surface area contributed by atoms with E-state index >= 15 is 0 Å². The fourth-order valence-corrected chi connectivity index (χ4v) is 4.48. The number of rotatable bonds is 11. The molecule has 0 radical (unpaired) electrons. The summed E-state index contributed by atoms with van der Waals surface area (Å²) >= 11 is 0. The molecule has 0 aromatic heterocycles. The topological polar surface area (TPSA) is 117 Å². The summed E-state index contributed by atoms with van der Waals surface area (Å²) in [5.41, 5.74) is 3.90. The van der Waals surface area contributed by atoms with Crippen molar-refractivity contribution in [3.63, 3.8) is 0 Å². The van der Waals surface area contributed by atoms with Gasteiger partial charge in [0.2, 0.25) is 5.91 Å². The Morgan fingerprint density at radius 2 is 1.61 bits per heavy atom. The maximum atomic E-state index is 12.7. The first kappa shape index (κ1) is 29.0. The van der Waals surface area contributed by atoms with Gasteiger partial charge in [0.1, 0.15) is 18.2 Å². The molecule has 0 spiro atoms. The van der Waals surface area contributed by atoms with Gasteiger partial charge in [-0.25, -0.2) is 9.59 Å². The molecule has 38 heavy (non-hydrogen) atoms. The van der Waals surface area contributed by atoms with Crippen molar-refractivity contribution in [2.45, 2.75) is 57.6 Å². The second-order valence-electron chi connectivity index (χ2n) is 10.4.